The average Bonchev–Trinajstić information content (AvgIpc) is 3.40. The van der Waals surface area contributed by atoms with Crippen LogP contribution in [0.2, 0.25) is 0 Å². The molecule has 1 N–H and O–H groups in total. The largest absolute Gasteiger partial charge is 0.507 e. The van der Waals surface area contributed by atoms with Crippen LogP contribution in [0.4, 0.5) is 5.69 Å². The van der Waals surface area contributed by atoms with Crippen molar-refractivity contribution in [1.29, 1.82) is 0 Å². The van der Waals surface area contributed by atoms with Gasteiger partial charge in [0.1, 0.15) is 5.75 Å². The van der Waals surface area contributed by atoms with Crippen molar-refractivity contribution in [2.75, 3.05) is 0 Å². The van der Waals surface area contributed by atoms with E-state index in [1.165, 1.54) is 12.1 Å². The van der Waals surface area contributed by atoms with Gasteiger partial charge in [0.2, 0.25) is 0 Å². The summed E-state index contributed by atoms with van der Waals surface area (Å²) in [6.07, 6.45) is 6.36. The maximum Gasteiger partial charge on any atom is 0.270 e. The molecule has 0 radical (unpaired) electrons. The Balaban J connectivity index is 1.45. The first-order chi connectivity index (χ1) is 12.5. The number of nitrogens with zero attached hydrogens (tertiary/aromatic N) is 3. The third-order valence-electron chi connectivity index (χ3n) is 6.17. The number of nitro groups is 1. The molecule has 0 aromatic heterocycles. The van der Waals surface area contributed by atoms with Crippen LogP contribution in [-0.4, -0.2) is 33.1 Å². The van der Waals surface area contributed by atoms with E-state index in [1.807, 2.05) is 0 Å². The summed E-state index contributed by atoms with van der Waals surface area (Å²) in [6.45, 7) is 0. The number of hydrogen-bond donors (Lipinski definition) is 1. The summed E-state index contributed by atoms with van der Waals surface area (Å²) in [4.78, 5) is 35.8. The molecule has 6 atom stereocenters. The lowest BCUT2D eigenvalue weighted by Gasteiger charge is -2.37. The van der Waals surface area contributed by atoms with Gasteiger partial charge in [-0.25, -0.2) is 0 Å². The lowest BCUT2D eigenvalue weighted by molar-refractivity contribution is -0.384. The minimum absolute atomic E-state index is 0.0821. The van der Waals surface area contributed by atoms with Crippen LogP contribution in [-0.2, 0) is 9.59 Å². The third-order valence-corrected chi connectivity index (χ3v) is 6.17. The van der Waals surface area contributed by atoms with Crippen molar-refractivity contribution in [2.45, 2.75) is 6.42 Å². The number of imide groups is 1. The molecule has 1 heterocycles. The molecular formula is C18H15N3O5. The number of phenols is 1. The summed E-state index contributed by atoms with van der Waals surface area (Å²) in [7, 11) is 0. The normalized spacial score (nSPS) is 36.5. The second kappa shape index (κ2) is 5.00. The summed E-state index contributed by atoms with van der Waals surface area (Å²) in [5, 5.41) is 25.6. The minimum atomic E-state index is -0.590. The molecule has 26 heavy (non-hydrogen) atoms. The predicted octanol–water partition coefficient (Wildman–Crippen LogP) is 1.69. The number of allylic oxidation sites excluding steroid dienone is 2. The number of phenolic OH excluding ortho intramolecular Hbond substituents is 1. The molecule has 2 saturated carbocycles. The molecule has 8 heteroatoms. The zero-order valence-electron chi connectivity index (χ0n) is 13.6. The molecule has 5 aliphatic rings. The van der Waals surface area contributed by atoms with Gasteiger partial charge in [-0.05, 0) is 36.2 Å². The molecule has 4 aliphatic carbocycles. The number of carbonyl (C=O) groups excluding carboxylic acids is 2. The van der Waals surface area contributed by atoms with E-state index in [-0.39, 0.29) is 52.5 Å². The van der Waals surface area contributed by atoms with Gasteiger partial charge in [0, 0.05) is 17.7 Å². The standard InChI is InChI=1S/C18H15N3O5/c22-14-4-1-9(21(25)26)5-8(14)7-19-20-17(23)15-10-2-3-11(13-6-12(10)13)16(15)18(20)24/h1-5,7,10-13,15-16,22H,6H2/b19-7-/t10-,11-,12-,13-,15-,16+/m1/s1. The zero-order valence-corrected chi connectivity index (χ0v) is 13.6. The second-order valence-electron chi connectivity index (χ2n) is 7.39. The Morgan fingerprint density at radius 3 is 2.35 bits per heavy atom. The van der Waals surface area contributed by atoms with Crippen LogP contribution < -0.4 is 0 Å². The Morgan fingerprint density at radius 1 is 1.15 bits per heavy atom. The molecular weight excluding hydrogens is 338 g/mol. The van der Waals surface area contributed by atoms with Crippen molar-refractivity contribution in [3.8, 4) is 5.75 Å². The van der Waals surface area contributed by atoms with E-state index in [4.69, 9.17) is 0 Å². The number of amides is 2. The van der Waals surface area contributed by atoms with Crippen molar-refractivity contribution < 1.29 is 19.6 Å². The summed E-state index contributed by atoms with van der Waals surface area (Å²) in [6, 6.07) is 3.50. The average molecular weight is 353 g/mol. The molecule has 2 amide bonds. The molecule has 2 bridgehead atoms. The first-order valence-corrected chi connectivity index (χ1v) is 8.55. The molecule has 0 spiro atoms. The highest BCUT2D eigenvalue weighted by atomic mass is 16.6. The molecule has 6 rings (SSSR count). The van der Waals surface area contributed by atoms with Crippen LogP contribution >= 0.6 is 0 Å². The Bertz CT molecular complexity index is 887. The highest BCUT2D eigenvalue weighted by Crippen LogP contribution is 2.65. The summed E-state index contributed by atoms with van der Waals surface area (Å²) in [5.41, 5.74) is -0.127. The van der Waals surface area contributed by atoms with Gasteiger partial charge in [0.05, 0.1) is 23.0 Å². The highest BCUT2D eigenvalue weighted by molar-refractivity contribution is 6.06. The quantitative estimate of drug-likeness (QED) is 0.292. The number of rotatable bonds is 3. The number of nitro benzene ring substituents is 1. The van der Waals surface area contributed by atoms with E-state index in [9.17, 15) is 24.8 Å². The van der Waals surface area contributed by atoms with Crippen LogP contribution in [0.15, 0.2) is 35.5 Å². The zero-order chi connectivity index (χ0) is 18.2. The van der Waals surface area contributed by atoms with Crippen molar-refractivity contribution in [3.05, 3.63) is 46.0 Å². The number of non-ortho nitro benzene ring substituents is 1. The van der Waals surface area contributed by atoms with E-state index in [0.29, 0.717) is 11.8 Å². The van der Waals surface area contributed by atoms with Crippen LogP contribution in [0.3, 0.4) is 0 Å². The topological polar surface area (TPSA) is 113 Å². The van der Waals surface area contributed by atoms with E-state index < -0.39 is 4.92 Å². The van der Waals surface area contributed by atoms with Gasteiger partial charge in [-0.15, -0.1) is 0 Å². The van der Waals surface area contributed by atoms with Crippen molar-refractivity contribution in [2.24, 2.45) is 40.6 Å². The van der Waals surface area contributed by atoms with Crippen LogP contribution in [0.5, 0.6) is 5.75 Å². The van der Waals surface area contributed by atoms with E-state index in [1.54, 1.807) is 0 Å². The number of aromatic hydroxyl groups is 1. The molecule has 3 fully saturated rings. The van der Waals surface area contributed by atoms with Gasteiger partial charge in [0.15, 0.2) is 0 Å². The van der Waals surface area contributed by atoms with Crippen molar-refractivity contribution in [3.63, 3.8) is 0 Å². The van der Waals surface area contributed by atoms with E-state index in [0.717, 1.165) is 23.7 Å². The molecule has 1 aromatic rings. The Kier molecular flexibility index (Phi) is 2.93. The smallest absolute Gasteiger partial charge is 0.270 e. The Hall–Kier alpha value is -3.03. The first-order valence-electron chi connectivity index (χ1n) is 8.55. The maximum absolute atomic E-state index is 12.8. The molecule has 1 aliphatic heterocycles. The Labute approximate surface area is 147 Å². The van der Waals surface area contributed by atoms with Gasteiger partial charge in [0.25, 0.3) is 17.5 Å². The van der Waals surface area contributed by atoms with Crippen molar-refractivity contribution in [1.82, 2.24) is 5.01 Å². The van der Waals surface area contributed by atoms with Crippen LogP contribution in [0.1, 0.15) is 12.0 Å². The van der Waals surface area contributed by atoms with Crippen molar-refractivity contribution >= 4 is 23.7 Å². The number of hydrogen-bond acceptors (Lipinski definition) is 6. The molecule has 0 unspecified atom stereocenters. The monoisotopic (exact) mass is 353 g/mol. The van der Waals surface area contributed by atoms with Gasteiger partial charge < -0.3 is 5.11 Å². The number of benzene rings is 1. The van der Waals surface area contributed by atoms with Crippen LogP contribution in [0.25, 0.3) is 0 Å². The van der Waals surface area contributed by atoms with Gasteiger partial charge in [-0.2, -0.15) is 10.1 Å². The fourth-order valence-electron chi connectivity index (χ4n) is 4.93. The summed E-state index contributed by atoms with van der Waals surface area (Å²) < 4.78 is 0. The fourth-order valence-corrected chi connectivity index (χ4v) is 4.93. The van der Waals surface area contributed by atoms with Gasteiger partial charge in [-0.1, -0.05) is 12.2 Å². The predicted molar refractivity (Wildman–Crippen MR) is 88.9 cm³/mol. The molecule has 1 saturated heterocycles. The molecule has 1 aromatic carbocycles. The summed E-state index contributed by atoms with van der Waals surface area (Å²) >= 11 is 0. The van der Waals surface area contributed by atoms with Gasteiger partial charge in [-0.3, -0.25) is 19.7 Å². The van der Waals surface area contributed by atoms with E-state index >= 15 is 0 Å². The lowest BCUT2D eigenvalue weighted by atomic mass is 9.63. The number of carbonyl (C=O) groups is 2. The highest BCUT2D eigenvalue weighted by Gasteiger charge is 2.67. The van der Waals surface area contributed by atoms with Crippen LogP contribution in [0, 0.1) is 45.6 Å². The van der Waals surface area contributed by atoms with Gasteiger partial charge >= 0.3 is 0 Å². The van der Waals surface area contributed by atoms with E-state index in [2.05, 4.69) is 17.3 Å². The Morgan fingerprint density at radius 2 is 1.77 bits per heavy atom. The second-order valence-corrected chi connectivity index (χ2v) is 7.39. The first kappa shape index (κ1) is 15.2. The molecule has 8 nitrogen and oxygen atoms in total. The lowest BCUT2D eigenvalue weighted by Crippen LogP contribution is -2.40. The summed E-state index contributed by atoms with van der Waals surface area (Å²) in [5.74, 6) is -0.305. The number of hydrazone groups is 1. The maximum atomic E-state index is 12.8. The molecule has 132 valence electrons. The fraction of sp³-hybridized carbons (Fsp3) is 0.389. The third kappa shape index (κ3) is 1.92. The SMILES string of the molecule is O=C1[C@@H]2[C@@H]3C=C[C@H]([C@H]4C[C@H]34)[C@@H]2C(=O)N1/N=C\c1cc([N+](=O)[O-])ccc1O. The minimum Gasteiger partial charge on any atom is -0.507 e.